The first-order chi connectivity index (χ1) is 8.54. The van der Waals surface area contributed by atoms with Gasteiger partial charge in [-0.25, -0.2) is 9.78 Å². The van der Waals surface area contributed by atoms with Gasteiger partial charge in [-0.15, -0.1) is 0 Å². The van der Waals surface area contributed by atoms with E-state index >= 15 is 0 Å². The third-order valence-electron chi connectivity index (χ3n) is 2.83. The van der Waals surface area contributed by atoms with Gasteiger partial charge in [-0.05, 0) is 19.1 Å². The molecule has 2 rings (SSSR count). The van der Waals surface area contributed by atoms with Crippen molar-refractivity contribution in [2.45, 2.75) is 12.5 Å². The van der Waals surface area contributed by atoms with Gasteiger partial charge in [-0.3, -0.25) is 0 Å². The van der Waals surface area contributed by atoms with Crippen LogP contribution in [-0.2, 0) is 9.53 Å². The van der Waals surface area contributed by atoms with Gasteiger partial charge in [0, 0.05) is 19.3 Å². The zero-order valence-electron chi connectivity index (χ0n) is 9.96. The fraction of sp³-hybridized carbons (Fsp3) is 0.417. The highest BCUT2D eigenvalue weighted by molar-refractivity contribution is 5.68. The van der Waals surface area contributed by atoms with E-state index in [4.69, 9.17) is 15.1 Å². The molecule has 1 aliphatic rings. The normalized spacial score (nSPS) is 16.8. The molecular weight excluding hydrogens is 234 g/mol. The van der Waals surface area contributed by atoms with Crippen molar-refractivity contribution >= 4 is 11.7 Å². The first kappa shape index (κ1) is 12.3. The molecule has 0 unspecified atom stereocenters. The highest BCUT2D eigenvalue weighted by Crippen LogP contribution is 2.31. The molecule has 0 amide bonds. The van der Waals surface area contributed by atoms with Crippen molar-refractivity contribution in [3.63, 3.8) is 0 Å². The number of carboxylic acids is 1. The summed E-state index contributed by atoms with van der Waals surface area (Å²) in [5, 5.41) is 17.5. The van der Waals surface area contributed by atoms with E-state index in [9.17, 15) is 4.79 Å². The minimum Gasteiger partial charge on any atom is -0.480 e. The number of carbonyl (C=O) groups is 1. The lowest BCUT2D eigenvalue weighted by atomic mass is 9.95. The molecule has 6 heteroatoms. The Balaban J connectivity index is 2.00. The highest BCUT2D eigenvalue weighted by atomic mass is 16.5. The molecule has 6 nitrogen and oxygen atoms in total. The molecule has 0 atom stereocenters. The summed E-state index contributed by atoms with van der Waals surface area (Å²) >= 11 is 0. The second kappa shape index (κ2) is 4.63. The number of ether oxygens (including phenoxy) is 1. The molecule has 0 radical (unpaired) electrons. The predicted octanol–water partition coefficient (Wildman–Crippen LogP) is 0.633. The third-order valence-corrected chi connectivity index (χ3v) is 2.83. The Kier molecular flexibility index (Phi) is 3.17. The molecule has 1 aliphatic heterocycles. The number of pyridine rings is 1. The number of hydrogen-bond donors (Lipinski definition) is 1. The number of aromatic nitrogens is 1. The number of anilines is 1. The number of nitriles is 1. The standard InChI is InChI=1S/C12H13N3O3/c1-12(18-6-11(16)17)7-15(8-12)10-3-2-4-14-9(10)5-13/h2-4H,6-8H2,1H3,(H,16,17). The first-order valence-electron chi connectivity index (χ1n) is 5.50. The summed E-state index contributed by atoms with van der Waals surface area (Å²) in [6.45, 7) is 2.67. The summed E-state index contributed by atoms with van der Waals surface area (Å²) in [5.74, 6) is -0.978. The Hall–Kier alpha value is -2.13. The Morgan fingerprint density at radius 2 is 2.44 bits per heavy atom. The van der Waals surface area contributed by atoms with Crippen LogP contribution < -0.4 is 4.90 Å². The fourth-order valence-corrected chi connectivity index (χ4v) is 2.00. The highest BCUT2D eigenvalue weighted by Gasteiger charge is 2.41. The van der Waals surface area contributed by atoms with Crippen LogP contribution in [0.15, 0.2) is 18.3 Å². The molecular formula is C12H13N3O3. The van der Waals surface area contributed by atoms with Gasteiger partial charge in [-0.1, -0.05) is 0 Å². The average molecular weight is 247 g/mol. The van der Waals surface area contributed by atoms with Crippen LogP contribution in [0.25, 0.3) is 0 Å². The lowest BCUT2D eigenvalue weighted by molar-refractivity contribution is -0.150. The minimum absolute atomic E-state index is 0.303. The van der Waals surface area contributed by atoms with Gasteiger partial charge in [-0.2, -0.15) is 5.26 Å². The Labute approximate surface area is 104 Å². The molecule has 1 aromatic heterocycles. The van der Waals surface area contributed by atoms with E-state index in [1.54, 1.807) is 12.3 Å². The van der Waals surface area contributed by atoms with Crippen LogP contribution in [0.5, 0.6) is 0 Å². The summed E-state index contributed by atoms with van der Waals surface area (Å²) < 4.78 is 5.31. The van der Waals surface area contributed by atoms with Crippen molar-refractivity contribution in [2.75, 3.05) is 24.6 Å². The van der Waals surface area contributed by atoms with Crippen LogP contribution in [0.2, 0.25) is 0 Å². The van der Waals surface area contributed by atoms with Gasteiger partial charge >= 0.3 is 5.97 Å². The van der Waals surface area contributed by atoms with Gasteiger partial charge in [0.05, 0.1) is 5.69 Å². The number of nitrogens with zero attached hydrogens (tertiary/aromatic N) is 3. The molecule has 0 aliphatic carbocycles. The molecule has 18 heavy (non-hydrogen) atoms. The molecule has 1 N–H and O–H groups in total. The molecule has 94 valence electrons. The van der Waals surface area contributed by atoms with Crippen molar-refractivity contribution in [2.24, 2.45) is 0 Å². The van der Waals surface area contributed by atoms with Gasteiger partial charge in [0.25, 0.3) is 0 Å². The van der Waals surface area contributed by atoms with Crippen LogP contribution in [0.1, 0.15) is 12.6 Å². The van der Waals surface area contributed by atoms with Crippen molar-refractivity contribution in [1.82, 2.24) is 4.98 Å². The average Bonchev–Trinajstić information content (AvgIpc) is 2.33. The zero-order valence-corrected chi connectivity index (χ0v) is 9.96. The third kappa shape index (κ3) is 2.41. The van der Waals surface area contributed by atoms with E-state index in [1.165, 1.54) is 0 Å². The van der Waals surface area contributed by atoms with Crippen LogP contribution in [0.3, 0.4) is 0 Å². The van der Waals surface area contributed by atoms with Crippen LogP contribution in [0, 0.1) is 11.3 Å². The summed E-state index contributed by atoms with van der Waals surface area (Å²) in [5.41, 5.74) is 0.662. The summed E-state index contributed by atoms with van der Waals surface area (Å²) in [4.78, 5) is 16.4. The van der Waals surface area contributed by atoms with E-state index in [0.29, 0.717) is 18.8 Å². The lowest BCUT2D eigenvalue weighted by Gasteiger charge is -2.48. The fourth-order valence-electron chi connectivity index (χ4n) is 2.00. The van der Waals surface area contributed by atoms with Crippen molar-refractivity contribution in [3.05, 3.63) is 24.0 Å². The van der Waals surface area contributed by atoms with Gasteiger partial charge in [0.2, 0.25) is 0 Å². The van der Waals surface area contributed by atoms with Crippen LogP contribution in [0.4, 0.5) is 5.69 Å². The molecule has 0 bridgehead atoms. The van der Waals surface area contributed by atoms with E-state index in [1.807, 2.05) is 24.0 Å². The minimum atomic E-state index is -0.978. The maximum Gasteiger partial charge on any atom is 0.329 e. The number of hydrogen-bond acceptors (Lipinski definition) is 5. The van der Waals surface area contributed by atoms with E-state index in [0.717, 1.165) is 5.69 Å². The quantitative estimate of drug-likeness (QED) is 0.839. The number of rotatable bonds is 4. The monoisotopic (exact) mass is 247 g/mol. The first-order valence-corrected chi connectivity index (χ1v) is 5.50. The van der Waals surface area contributed by atoms with E-state index < -0.39 is 11.6 Å². The molecule has 1 aromatic rings. The molecule has 2 heterocycles. The molecule has 0 aromatic carbocycles. The van der Waals surface area contributed by atoms with Crippen molar-refractivity contribution in [3.8, 4) is 6.07 Å². The van der Waals surface area contributed by atoms with Gasteiger partial charge < -0.3 is 14.7 Å². The summed E-state index contributed by atoms with van der Waals surface area (Å²) in [6, 6.07) is 5.62. The van der Waals surface area contributed by atoms with Crippen molar-refractivity contribution in [1.29, 1.82) is 5.26 Å². The SMILES string of the molecule is CC1(OCC(=O)O)CN(c2cccnc2C#N)C1. The van der Waals surface area contributed by atoms with Crippen molar-refractivity contribution < 1.29 is 14.6 Å². The van der Waals surface area contributed by atoms with Gasteiger partial charge in [0.15, 0.2) is 5.69 Å². The summed E-state index contributed by atoms with van der Waals surface area (Å²) in [6.07, 6.45) is 1.57. The Bertz CT molecular complexity index is 504. The lowest BCUT2D eigenvalue weighted by Crippen LogP contribution is -2.62. The zero-order chi connectivity index (χ0) is 13.2. The second-order valence-electron chi connectivity index (χ2n) is 4.47. The largest absolute Gasteiger partial charge is 0.480 e. The van der Waals surface area contributed by atoms with E-state index in [2.05, 4.69) is 4.98 Å². The number of aliphatic carboxylic acids is 1. The maximum absolute atomic E-state index is 10.4. The van der Waals surface area contributed by atoms with Crippen LogP contribution in [-0.4, -0.2) is 41.4 Å². The van der Waals surface area contributed by atoms with Crippen LogP contribution >= 0.6 is 0 Å². The maximum atomic E-state index is 10.4. The molecule has 1 saturated heterocycles. The molecule has 0 spiro atoms. The van der Waals surface area contributed by atoms with Gasteiger partial charge in [0.1, 0.15) is 18.3 Å². The molecule has 0 saturated carbocycles. The number of carboxylic acid groups (broad SMARTS) is 1. The Morgan fingerprint density at radius 3 is 3.06 bits per heavy atom. The smallest absolute Gasteiger partial charge is 0.329 e. The topological polar surface area (TPSA) is 86.5 Å². The summed E-state index contributed by atoms with van der Waals surface area (Å²) in [7, 11) is 0. The molecule has 1 fully saturated rings. The van der Waals surface area contributed by atoms with E-state index in [-0.39, 0.29) is 6.61 Å². The Morgan fingerprint density at radius 1 is 1.72 bits per heavy atom. The predicted molar refractivity (Wildman–Crippen MR) is 63.2 cm³/mol. The second-order valence-corrected chi connectivity index (χ2v) is 4.47.